The van der Waals surface area contributed by atoms with Gasteiger partial charge in [0, 0.05) is 14.6 Å². The van der Waals surface area contributed by atoms with Crippen LogP contribution in [0.4, 0.5) is 10.1 Å². The van der Waals surface area contributed by atoms with Gasteiger partial charge in [0.25, 0.3) is 5.91 Å². The molecule has 1 amide bonds. The number of carbonyl (C=O) groups excluding carboxylic acids is 1. The van der Waals surface area contributed by atoms with Crippen molar-refractivity contribution in [3.63, 3.8) is 0 Å². The van der Waals surface area contributed by atoms with Crippen LogP contribution < -0.4 is 10.3 Å². The highest BCUT2D eigenvalue weighted by molar-refractivity contribution is 9.10. The molecule has 0 N–H and O–H groups in total. The van der Waals surface area contributed by atoms with E-state index in [9.17, 15) is 14.0 Å². The summed E-state index contributed by atoms with van der Waals surface area (Å²) >= 11 is 6.86. The monoisotopic (exact) mass is 527 g/mol. The topological polar surface area (TPSA) is 50.5 Å². The largest absolute Gasteiger partial charge is 0.450 e. The van der Waals surface area contributed by atoms with Gasteiger partial charge in [0.1, 0.15) is 11.4 Å². The molecule has 5 rings (SSSR count). The Morgan fingerprint density at radius 3 is 2.40 bits per heavy atom. The average molecular weight is 529 g/mol. The summed E-state index contributed by atoms with van der Waals surface area (Å²) < 4.78 is 21.3. The van der Waals surface area contributed by atoms with Crippen molar-refractivity contribution in [1.29, 1.82) is 0 Å². The molecule has 1 aliphatic rings. The molecular weight excluding hydrogens is 517 g/mol. The lowest BCUT2D eigenvalue weighted by molar-refractivity contribution is 0.0971. The third-order valence-electron chi connectivity index (χ3n) is 5.10. The second-order valence-electron chi connectivity index (χ2n) is 6.92. The lowest BCUT2D eigenvalue weighted by Gasteiger charge is -2.25. The molecule has 0 bridgehead atoms. The number of fused-ring (bicyclic) bond motifs is 2. The number of hydrogen-bond donors (Lipinski definition) is 0. The van der Waals surface area contributed by atoms with E-state index in [1.54, 1.807) is 17.0 Å². The van der Waals surface area contributed by atoms with Crippen LogP contribution in [0.1, 0.15) is 27.7 Å². The van der Waals surface area contributed by atoms with Crippen molar-refractivity contribution < 1.29 is 13.6 Å². The first-order chi connectivity index (χ1) is 14.4. The van der Waals surface area contributed by atoms with Gasteiger partial charge in [0.05, 0.1) is 17.0 Å². The first kappa shape index (κ1) is 19.2. The molecule has 3 aromatic carbocycles. The van der Waals surface area contributed by atoms with Crippen LogP contribution >= 0.6 is 31.9 Å². The maximum Gasteiger partial charge on any atom is 0.295 e. The van der Waals surface area contributed by atoms with Crippen LogP contribution in [-0.4, -0.2) is 5.91 Å². The summed E-state index contributed by atoms with van der Waals surface area (Å²) in [5, 5.41) is 0.110. The van der Waals surface area contributed by atoms with Gasteiger partial charge in [-0.15, -0.1) is 0 Å². The van der Waals surface area contributed by atoms with E-state index in [0.717, 1.165) is 20.6 Å². The van der Waals surface area contributed by atoms with Crippen molar-refractivity contribution in [2.75, 3.05) is 4.90 Å². The van der Waals surface area contributed by atoms with Gasteiger partial charge < -0.3 is 4.42 Å². The minimum Gasteiger partial charge on any atom is -0.450 e. The fraction of sp³-hybridized carbons (Fsp3) is 0.0435. The molecule has 0 spiro atoms. The molecule has 2 heterocycles. The molecule has 1 unspecified atom stereocenters. The number of amides is 1. The molecule has 0 fully saturated rings. The van der Waals surface area contributed by atoms with E-state index >= 15 is 0 Å². The Morgan fingerprint density at radius 1 is 0.900 bits per heavy atom. The number of halogens is 3. The quantitative estimate of drug-likeness (QED) is 0.311. The molecule has 4 nitrogen and oxygen atoms in total. The van der Waals surface area contributed by atoms with Gasteiger partial charge in [-0.2, -0.15) is 0 Å². The zero-order chi connectivity index (χ0) is 21.0. The summed E-state index contributed by atoms with van der Waals surface area (Å²) in [4.78, 5) is 28.3. The number of rotatable bonds is 2. The lowest BCUT2D eigenvalue weighted by atomic mass is 9.98. The first-order valence-electron chi connectivity index (χ1n) is 9.05. The highest BCUT2D eigenvalue weighted by atomic mass is 79.9. The number of carbonyl (C=O) groups is 1. The highest BCUT2D eigenvalue weighted by Crippen LogP contribution is 2.41. The maximum atomic E-state index is 13.8. The zero-order valence-corrected chi connectivity index (χ0v) is 18.4. The van der Waals surface area contributed by atoms with Crippen LogP contribution in [0.2, 0.25) is 0 Å². The van der Waals surface area contributed by atoms with E-state index in [4.69, 9.17) is 4.42 Å². The van der Waals surface area contributed by atoms with E-state index in [1.165, 1.54) is 12.1 Å². The summed E-state index contributed by atoms with van der Waals surface area (Å²) in [5.74, 6) is -0.976. The zero-order valence-electron chi connectivity index (χ0n) is 15.2. The smallest absolute Gasteiger partial charge is 0.295 e. The van der Waals surface area contributed by atoms with Crippen molar-refractivity contribution in [2.45, 2.75) is 6.04 Å². The fourth-order valence-corrected chi connectivity index (χ4v) is 4.49. The van der Waals surface area contributed by atoms with Crippen LogP contribution in [0.15, 0.2) is 84.9 Å². The number of hydrogen-bond acceptors (Lipinski definition) is 3. The van der Waals surface area contributed by atoms with Gasteiger partial charge in [-0.1, -0.05) is 44.0 Å². The van der Waals surface area contributed by atoms with E-state index in [0.29, 0.717) is 5.69 Å². The summed E-state index contributed by atoms with van der Waals surface area (Å²) in [6, 6.07) is 17.7. The number of nitrogens with zero attached hydrogens (tertiary/aromatic N) is 1. The Balaban J connectivity index is 1.83. The Hall–Kier alpha value is -2.77. The molecular formula is C23H12Br2FNO3. The SMILES string of the molecule is O=C1c2oc3ccc(F)cc3c(=O)c2C(c2cccc(Br)c2)N1c1ccc(Br)cc1. The van der Waals surface area contributed by atoms with Crippen molar-refractivity contribution in [2.24, 2.45) is 0 Å². The van der Waals surface area contributed by atoms with Gasteiger partial charge in [0.15, 0.2) is 5.43 Å². The van der Waals surface area contributed by atoms with Crippen LogP contribution in [0.5, 0.6) is 0 Å². The Bertz CT molecular complexity index is 1380. The van der Waals surface area contributed by atoms with Gasteiger partial charge in [-0.05, 0) is 60.2 Å². The molecule has 7 heteroatoms. The predicted octanol–water partition coefficient (Wildman–Crippen LogP) is 6.21. The fourth-order valence-electron chi connectivity index (χ4n) is 3.81. The van der Waals surface area contributed by atoms with Gasteiger partial charge in [-0.25, -0.2) is 4.39 Å². The van der Waals surface area contributed by atoms with Gasteiger partial charge >= 0.3 is 0 Å². The normalized spacial score (nSPS) is 15.6. The van der Waals surface area contributed by atoms with Crippen molar-refractivity contribution in [3.8, 4) is 0 Å². The van der Waals surface area contributed by atoms with E-state index in [2.05, 4.69) is 31.9 Å². The van der Waals surface area contributed by atoms with Crippen LogP contribution in [0, 0.1) is 5.82 Å². The molecule has 0 saturated carbocycles. The molecule has 1 aromatic heterocycles. The van der Waals surface area contributed by atoms with Crippen molar-refractivity contribution in [1.82, 2.24) is 0 Å². The molecule has 1 aliphatic heterocycles. The number of benzene rings is 3. The van der Waals surface area contributed by atoms with Crippen LogP contribution in [-0.2, 0) is 0 Å². The van der Waals surface area contributed by atoms with Crippen molar-refractivity contribution in [3.05, 3.63) is 109 Å². The number of anilines is 1. The van der Waals surface area contributed by atoms with E-state index < -0.39 is 23.2 Å². The van der Waals surface area contributed by atoms with Crippen LogP contribution in [0.25, 0.3) is 11.0 Å². The molecule has 0 saturated heterocycles. The van der Waals surface area contributed by atoms with E-state index in [-0.39, 0.29) is 22.3 Å². The van der Waals surface area contributed by atoms with E-state index in [1.807, 2.05) is 36.4 Å². The second kappa shape index (κ2) is 7.18. The molecule has 1 atom stereocenters. The third kappa shape index (κ3) is 3.00. The van der Waals surface area contributed by atoms with Gasteiger partial charge in [0.2, 0.25) is 5.76 Å². The third-order valence-corrected chi connectivity index (χ3v) is 6.12. The molecule has 0 radical (unpaired) electrons. The highest BCUT2D eigenvalue weighted by Gasteiger charge is 2.43. The van der Waals surface area contributed by atoms with Crippen LogP contribution in [0.3, 0.4) is 0 Å². The molecule has 4 aromatic rings. The minimum absolute atomic E-state index is 0.0213. The Labute approximate surface area is 187 Å². The Morgan fingerprint density at radius 2 is 1.67 bits per heavy atom. The second-order valence-corrected chi connectivity index (χ2v) is 8.75. The van der Waals surface area contributed by atoms with Crippen molar-refractivity contribution >= 4 is 54.4 Å². The summed E-state index contributed by atoms with van der Waals surface area (Å²) in [6.45, 7) is 0. The molecule has 0 aliphatic carbocycles. The lowest BCUT2D eigenvalue weighted by Crippen LogP contribution is -2.29. The first-order valence-corrected chi connectivity index (χ1v) is 10.6. The average Bonchev–Trinajstić information content (AvgIpc) is 3.02. The summed E-state index contributed by atoms with van der Waals surface area (Å²) in [6.07, 6.45) is 0. The standard InChI is InChI=1S/C23H12Br2FNO3/c24-13-4-7-16(8-5-13)27-20(12-2-1-3-14(25)10-12)19-21(28)17-11-15(26)6-9-18(17)30-22(19)23(27)29/h1-11,20H. The maximum absolute atomic E-state index is 13.8. The predicted molar refractivity (Wildman–Crippen MR) is 119 cm³/mol. The summed E-state index contributed by atoms with van der Waals surface area (Å²) in [7, 11) is 0. The van der Waals surface area contributed by atoms with Gasteiger partial charge in [-0.3, -0.25) is 14.5 Å². The molecule has 148 valence electrons. The summed E-state index contributed by atoms with van der Waals surface area (Å²) in [5.41, 5.74) is 1.33. The molecule has 30 heavy (non-hydrogen) atoms. The minimum atomic E-state index is -0.699. The Kier molecular flexibility index (Phi) is 4.60.